The van der Waals surface area contributed by atoms with Gasteiger partial charge in [-0.15, -0.1) is 0 Å². The molecule has 0 saturated heterocycles. The van der Waals surface area contributed by atoms with Gasteiger partial charge in [0.15, 0.2) is 0 Å². The molecular formula is C10H18O. The third-order valence-electron chi connectivity index (χ3n) is 2.34. The molecule has 0 bridgehead atoms. The van der Waals surface area contributed by atoms with Gasteiger partial charge in [-0.1, -0.05) is 33.3 Å². The van der Waals surface area contributed by atoms with E-state index in [2.05, 4.69) is 20.8 Å². The van der Waals surface area contributed by atoms with Gasteiger partial charge in [0.05, 0.1) is 0 Å². The highest BCUT2D eigenvalue weighted by Crippen LogP contribution is 2.17. The number of carbonyl (C=O) groups excluding carboxylic acids is 1. The molecule has 0 N–H and O–H groups in total. The van der Waals surface area contributed by atoms with Gasteiger partial charge in [-0.3, -0.25) is 4.79 Å². The first-order valence-electron chi connectivity index (χ1n) is 4.32. The summed E-state index contributed by atoms with van der Waals surface area (Å²) < 4.78 is 0. The Balaban J connectivity index is 3.58. The first kappa shape index (κ1) is 10.4. The number of carbonyl (C=O) groups is 1. The van der Waals surface area contributed by atoms with Gasteiger partial charge in [-0.2, -0.15) is 0 Å². The lowest BCUT2D eigenvalue weighted by Gasteiger charge is -2.15. The molecule has 0 rings (SSSR count). The third kappa shape index (κ3) is 4.77. The van der Waals surface area contributed by atoms with Gasteiger partial charge in [0, 0.05) is 0 Å². The van der Waals surface area contributed by atoms with Crippen molar-refractivity contribution in [1.82, 2.24) is 0 Å². The van der Waals surface area contributed by atoms with E-state index in [0.717, 1.165) is 18.6 Å². The molecule has 0 aliphatic carbocycles. The van der Waals surface area contributed by atoms with Crippen molar-refractivity contribution < 1.29 is 4.79 Å². The quantitative estimate of drug-likeness (QED) is 0.439. The molecule has 0 radical (unpaired) electrons. The molecule has 11 heavy (non-hydrogen) atoms. The molecule has 0 saturated carbocycles. The van der Waals surface area contributed by atoms with E-state index in [4.69, 9.17) is 0 Å². The molecule has 0 aromatic rings. The van der Waals surface area contributed by atoms with Crippen molar-refractivity contribution in [1.29, 1.82) is 0 Å². The minimum atomic E-state index is 0.691. The van der Waals surface area contributed by atoms with Crippen molar-refractivity contribution >= 4 is 6.29 Å². The van der Waals surface area contributed by atoms with Crippen LogP contribution in [0.25, 0.3) is 0 Å². The highest BCUT2D eigenvalue weighted by molar-refractivity contribution is 5.64. The summed E-state index contributed by atoms with van der Waals surface area (Å²) in [5.41, 5.74) is 0. The molecule has 1 nitrogen and oxygen atoms in total. The smallest absolute Gasteiger partial charge is 0.142 e. The predicted octanol–water partition coefficient (Wildman–Crippen LogP) is 2.81. The molecule has 2 atom stereocenters. The molecule has 0 heterocycles. The lowest BCUT2D eigenvalue weighted by Crippen LogP contribution is -2.05. The van der Waals surface area contributed by atoms with Crippen LogP contribution in [0.5, 0.6) is 0 Å². The van der Waals surface area contributed by atoms with Crippen LogP contribution in [0.4, 0.5) is 0 Å². The van der Waals surface area contributed by atoms with E-state index in [1.54, 1.807) is 6.08 Å². The Labute approximate surface area is 69.5 Å². The van der Waals surface area contributed by atoms with Crippen LogP contribution in [0.3, 0.4) is 0 Å². The summed E-state index contributed by atoms with van der Waals surface area (Å²) in [6, 6.07) is 0. The number of hydrogen-bond acceptors (Lipinski definition) is 1. The maximum atomic E-state index is 9.94. The monoisotopic (exact) mass is 154 g/mol. The van der Waals surface area contributed by atoms with E-state index in [9.17, 15) is 4.79 Å². The van der Waals surface area contributed by atoms with Crippen LogP contribution in [0.15, 0.2) is 12.2 Å². The molecule has 0 aliphatic rings. The standard InChI is InChI=1S/C10H18O/c1-4-9(2)10(3)7-5-6-8-11/h5-6,8-10H,4,7H2,1-3H3/b6-5+. The molecule has 0 amide bonds. The fraction of sp³-hybridized carbons (Fsp3) is 0.700. The van der Waals surface area contributed by atoms with E-state index < -0.39 is 0 Å². The number of aldehydes is 1. The van der Waals surface area contributed by atoms with Crippen molar-refractivity contribution in [2.45, 2.75) is 33.6 Å². The second-order valence-electron chi connectivity index (χ2n) is 3.16. The molecular weight excluding hydrogens is 136 g/mol. The van der Waals surface area contributed by atoms with E-state index in [-0.39, 0.29) is 0 Å². The number of allylic oxidation sites excluding steroid dienone is 2. The Kier molecular flexibility index (Phi) is 5.81. The first-order chi connectivity index (χ1) is 5.22. The van der Waals surface area contributed by atoms with Gasteiger partial charge in [0.25, 0.3) is 0 Å². The SMILES string of the molecule is CCC(C)C(C)C/C=C/C=O. The van der Waals surface area contributed by atoms with Gasteiger partial charge in [0.2, 0.25) is 0 Å². The maximum Gasteiger partial charge on any atom is 0.142 e. The Morgan fingerprint density at radius 1 is 1.27 bits per heavy atom. The zero-order chi connectivity index (χ0) is 8.69. The average molecular weight is 154 g/mol. The summed E-state index contributed by atoms with van der Waals surface area (Å²) in [6.07, 6.45) is 6.61. The van der Waals surface area contributed by atoms with Crippen molar-refractivity contribution in [2.24, 2.45) is 11.8 Å². The van der Waals surface area contributed by atoms with Crippen molar-refractivity contribution in [3.63, 3.8) is 0 Å². The van der Waals surface area contributed by atoms with Crippen LogP contribution in [-0.4, -0.2) is 6.29 Å². The van der Waals surface area contributed by atoms with Gasteiger partial charge in [-0.05, 0) is 24.3 Å². The summed E-state index contributed by atoms with van der Waals surface area (Å²) >= 11 is 0. The summed E-state index contributed by atoms with van der Waals surface area (Å²) in [5.74, 6) is 1.45. The van der Waals surface area contributed by atoms with Gasteiger partial charge in [-0.25, -0.2) is 0 Å². The Morgan fingerprint density at radius 2 is 1.91 bits per heavy atom. The fourth-order valence-corrected chi connectivity index (χ4v) is 0.983. The van der Waals surface area contributed by atoms with Crippen LogP contribution in [0.1, 0.15) is 33.6 Å². The van der Waals surface area contributed by atoms with E-state index >= 15 is 0 Å². The van der Waals surface area contributed by atoms with Gasteiger partial charge >= 0.3 is 0 Å². The van der Waals surface area contributed by atoms with Crippen LogP contribution in [0, 0.1) is 11.8 Å². The topological polar surface area (TPSA) is 17.1 Å². The molecule has 2 unspecified atom stereocenters. The highest BCUT2D eigenvalue weighted by Gasteiger charge is 2.07. The minimum absolute atomic E-state index is 0.691. The molecule has 0 spiro atoms. The lowest BCUT2D eigenvalue weighted by atomic mass is 9.91. The molecule has 0 fully saturated rings. The molecule has 0 aromatic heterocycles. The largest absolute Gasteiger partial charge is 0.299 e. The Morgan fingerprint density at radius 3 is 2.36 bits per heavy atom. The van der Waals surface area contributed by atoms with Gasteiger partial charge in [0.1, 0.15) is 6.29 Å². The summed E-state index contributed by atoms with van der Waals surface area (Å²) in [7, 11) is 0. The summed E-state index contributed by atoms with van der Waals surface area (Å²) in [4.78, 5) is 9.94. The minimum Gasteiger partial charge on any atom is -0.299 e. The van der Waals surface area contributed by atoms with E-state index in [1.807, 2.05) is 6.08 Å². The van der Waals surface area contributed by atoms with Crippen molar-refractivity contribution in [3.05, 3.63) is 12.2 Å². The molecule has 0 aliphatic heterocycles. The zero-order valence-corrected chi connectivity index (χ0v) is 7.71. The second-order valence-corrected chi connectivity index (χ2v) is 3.16. The lowest BCUT2D eigenvalue weighted by molar-refractivity contribution is -0.104. The van der Waals surface area contributed by atoms with E-state index in [1.165, 1.54) is 6.42 Å². The second kappa shape index (κ2) is 6.14. The zero-order valence-electron chi connectivity index (χ0n) is 7.71. The third-order valence-corrected chi connectivity index (χ3v) is 2.34. The van der Waals surface area contributed by atoms with E-state index in [0.29, 0.717) is 5.92 Å². The van der Waals surface area contributed by atoms with Gasteiger partial charge < -0.3 is 0 Å². The summed E-state index contributed by atoms with van der Waals surface area (Å²) in [6.45, 7) is 6.67. The van der Waals surface area contributed by atoms with Crippen LogP contribution < -0.4 is 0 Å². The Hall–Kier alpha value is -0.590. The molecule has 1 heteroatoms. The normalized spacial score (nSPS) is 16.6. The first-order valence-corrected chi connectivity index (χ1v) is 4.32. The predicted molar refractivity (Wildman–Crippen MR) is 48.4 cm³/mol. The van der Waals surface area contributed by atoms with Crippen LogP contribution >= 0.6 is 0 Å². The molecule has 0 aromatic carbocycles. The maximum absolute atomic E-state index is 9.94. The highest BCUT2D eigenvalue weighted by atomic mass is 16.1. The number of hydrogen-bond donors (Lipinski definition) is 0. The van der Waals surface area contributed by atoms with Crippen molar-refractivity contribution in [3.8, 4) is 0 Å². The van der Waals surface area contributed by atoms with Crippen LogP contribution in [0.2, 0.25) is 0 Å². The van der Waals surface area contributed by atoms with Crippen LogP contribution in [-0.2, 0) is 4.79 Å². The summed E-state index contributed by atoms with van der Waals surface area (Å²) in [5, 5.41) is 0. The fourth-order valence-electron chi connectivity index (χ4n) is 0.983. The van der Waals surface area contributed by atoms with Crippen molar-refractivity contribution in [2.75, 3.05) is 0 Å². The average Bonchev–Trinajstić information content (AvgIpc) is 2.03. The molecule has 64 valence electrons. The number of rotatable bonds is 5. The Bertz CT molecular complexity index is 127.